The summed E-state index contributed by atoms with van der Waals surface area (Å²) in [5, 5.41) is 1.67. The van der Waals surface area contributed by atoms with Gasteiger partial charge in [-0.3, -0.25) is 4.72 Å². The minimum absolute atomic E-state index is 0.145. The minimum atomic E-state index is -3.69. The lowest BCUT2D eigenvalue weighted by atomic mass is 10.2. The Kier molecular flexibility index (Phi) is 3.23. The van der Waals surface area contributed by atoms with Crippen molar-refractivity contribution in [1.82, 2.24) is 4.98 Å². The fraction of sp³-hybridized carbons (Fsp3) is 0. The number of anilines is 2. The van der Waals surface area contributed by atoms with Crippen LogP contribution in [0, 0.1) is 0 Å². The fourth-order valence-electron chi connectivity index (χ4n) is 2.03. The van der Waals surface area contributed by atoms with Crippen molar-refractivity contribution < 1.29 is 8.42 Å². The number of fused-ring (bicyclic) bond motifs is 1. The minimum Gasteiger partial charge on any atom is -0.399 e. The molecule has 1 aromatic heterocycles. The standard InChI is InChI=1S/C15H13N3O2S/c16-12-5-7-13(8-6-12)21(19,20)18-15-14-4-2-1-3-11(14)9-10-17-15/h1-10H,16H2,(H,17,18). The lowest BCUT2D eigenvalue weighted by Crippen LogP contribution is -2.14. The Balaban J connectivity index is 2.03. The topological polar surface area (TPSA) is 85.1 Å². The number of nitrogens with one attached hydrogen (secondary N) is 1. The van der Waals surface area contributed by atoms with E-state index in [2.05, 4.69) is 9.71 Å². The van der Waals surface area contributed by atoms with Crippen LogP contribution in [-0.2, 0) is 10.0 Å². The first kappa shape index (κ1) is 13.4. The molecule has 0 aliphatic rings. The van der Waals surface area contributed by atoms with Gasteiger partial charge in [0, 0.05) is 17.3 Å². The lowest BCUT2D eigenvalue weighted by molar-refractivity contribution is 0.601. The van der Waals surface area contributed by atoms with Crippen molar-refractivity contribution in [2.24, 2.45) is 0 Å². The molecule has 0 saturated heterocycles. The average molecular weight is 299 g/mol. The van der Waals surface area contributed by atoms with Crippen molar-refractivity contribution in [1.29, 1.82) is 0 Å². The highest BCUT2D eigenvalue weighted by Crippen LogP contribution is 2.23. The summed E-state index contributed by atoms with van der Waals surface area (Å²) in [6.07, 6.45) is 1.57. The van der Waals surface area contributed by atoms with Crippen LogP contribution in [0.4, 0.5) is 11.5 Å². The SMILES string of the molecule is Nc1ccc(S(=O)(=O)Nc2nccc3ccccc23)cc1. The van der Waals surface area contributed by atoms with Gasteiger partial charge in [-0.25, -0.2) is 13.4 Å². The molecule has 0 saturated carbocycles. The molecule has 0 aliphatic heterocycles. The van der Waals surface area contributed by atoms with Crippen molar-refractivity contribution in [3.63, 3.8) is 0 Å². The predicted octanol–water partition coefficient (Wildman–Crippen LogP) is 2.62. The molecule has 5 nitrogen and oxygen atoms in total. The largest absolute Gasteiger partial charge is 0.399 e. The van der Waals surface area contributed by atoms with Crippen molar-refractivity contribution in [3.8, 4) is 0 Å². The number of nitrogen functional groups attached to an aromatic ring is 1. The summed E-state index contributed by atoms with van der Waals surface area (Å²) in [5.41, 5.74) is 6.08. The molecule has 0 fully saturated rings. The van der Waals surface area contributed by atoms with E-state index >= 15 is 0 Å². The number of nitrogens with zero attached hydrogens (tertiary/aromatic N) is 1. The Morgan fingerprint density at radius 3 is 2.43 bits per heavy atom. The highest BCUT2D eigenvalue weighted by Gasteiger charge is 2.15. The van der Waals surface area contributed by atoms with Gasteiger partial charge >= 0.3 is 0 Å². The Morgan fingerprint density at radius 1 is 0.952 bits per heavy atom. The van der Waals surface area contributed by atoms with Crippen LogP contribution in [0.2, 0.25) is 0 Å². The number of sulfonamides is 1. The molecule has 2 aromatic carbocycles. The first-order chi connectivity index (χ1) is 10.1. The molecule has 0 radical (unpaired) electrons. The monoisotopic (exact) mass is 299 g/mol. The van der Waals surface area contributed by atoms with Gasteiger partial charge in [-0.05, 0) is 35.7 Å². The normalized spacial score (nSPS) is 11.4. The molecule has 0 spiro atoms. The molecular weight excluding hydrogens is 286 g/mol. The highest BCUT2D eigenvalue weighted by molar-refractivity contribution is 7.92. The van der Waals surface area contributed by atoms with Crippen molar-refractivity contribution >= 4 is 32.3 Å². The molecule has 0 unspecified atom stereocenters. The van der Waals surface area contributed by atoms with Crippen molar-refractivity contribution in [2.75, 3.05) is 10.5 Å². The molecule has 0 amide bonds. The van der Waals surface area contributed by atoms with Crippen LogP contribution in [0.1, 0.15) is 0 Å². The third kappa shape index (κ3) is 2.66. The van der Waals surface area contributed by atoms with Gasteiger partial charge in [0.25, 0.3) is 10.0 Å². The number of nitrogens with two attached hydrogens (primary N) is 1. The van der Waals surface area contributed by atoms with E-state index in [4.69, 9.17) is 5.73 Å². The maximum absolute atomic E-state index is 12.4. The fourth-order valence-corrected chi connectivity index (χ4v) is 3.06. The number of hydrogen-bond donors (Lipinski definition) is 2. The molecule has 1 heterocycles. The van der Waals surface area contributed by atoms with Crippen LogP contribution in [0.5, 0.6) is 0 Å². The second kappa shape index (κ2) is 5.06. The molecule has 3 N–H and O–H groups in total. The number of benzene rings is 2. The summed E-state index contributed by atoms with van der Waals surface area (Å²) in [4.78, 5) is 4.27. The van der Waals surface area contributed by atoms with Gasteiger partial charge in [0.15, 0.2) is 0 Å². The van der Waals surface area contributed by atoms with E-state index in [1.165, 1.54) is 12.1 Å². The molecule has 106 valence electrons. The molecular formula is C15H13N3O2S. The Morgan fingerprint density at radius 2 is 1.67 bits per heavy atom. The quantitative estimate of drug-likeness (QED) is 0.728. The molecule has 3 aromatic rings. The predicted molar refractivity (Wildman–Crippen MR) is 83.4 cm³/mol. The van der Waals surface area contributed by atoms with Gasteiger partial charge in [-0.2, -0.15) is 0 Å². The Labute approximate surface area is 122 Å². The first-order valence-electron chi connectivity index (χ1n) is 6.28. The second-order valence-electron chi connectivity index (χ2n) is 4.56. The second-order valence-corrected chi connectivity index (χ2v) is 6.24. The summed E-state index contributed by atoms with van der Waals surface area (Å²) in [7, 11) is -3.69. The Hall–Kier alpha value is -2.60. The highest BCUT2D eigenvalue weighted by atomic mass is 32.2. The maximum Gasteiger partial charge on any atom is 0.263 e. The van der Waals surface area contributed by atoms with E-state index in [9.17, 15) is 8.42 Å². The van der Waals surface area contributed by atoms with Crippen molar-refractivity contribution in [3.05, 3.63) is 60.8 Å². The van der Waals surface area contributed by atoms with Gasteiger partial charge in [0.2, 0.25) is 0 Å². The maximum atomic E-state index is 12.4. The summed E-state index contributed by atoms with van der Waals surface area (Å²) in [6.45, 7) is 0. The van der Waals surface area contributed by atoms with E-state index in [0.717, 1.165) is 10.8 Å². The first-order valence-corrected chi connectivity index (χ1v) is 7.77. The van der Waals surface area contributed by atoms with Crippen LogP contribution in [0.15, 0.2) is 65.7 Å². The van der Waals surface area contributed by atoms with E-state index in [1.54, 1.807) is 18.3 Å². The van der Waals surface area contributed by atoms with Gasteiger partial charge in [-0.1, -0.05) is 24.3 Å². The van der Waals surface area contributed by atoms with E-state index in [0.29, 0.717) is 11.5 Å². The smallest absolute Gasteiger partial charge is 0.263 e. The molecule has 21 heavy (non-hydrogen) atoms. The van der Waals surface area contributed by atoms with Crippen LogP contribution >= 0.6 is 0 Å². The van der Waals surface area contributed by atoms with E-state index < -0.39 is 10.0 Å². The zero-order valence-electron chi connectivity index (χ0n) is 11.0. The van der Waals surface area contributed by atoms with Gasteiger partial charge in [0.1, 0.15) is 5.82 Å². The Bertz CT molecular complexity index is 885. The molecule has 0 aliphatic carbocycles. The summed E-state index contributed by atoms with van der Waals surface area (Å²) in [6, 6.07) is 15.3. The molecule has 3 rings (SSSR count). The van der Waals surface area contributed by atoms with Crippen LogP contribution in [0.3, 0.4) is 0 Å². The zero-order chi connectivity index (χ0) is 14.9. The molecule has 0 atom stereocenters. The lowest BCUT2D eigenvalue weighted by Gasteiger charge is -2.09. The molecule has 0 bridgehead atoms. The average Bonchev–Trinajstić information content (AvgIpc) is 2.48. The van der Waals surface area contributed by atoms with Gasteiger partial charge in [-0.15, -0.1) is 0 Å². The number of aromatic nitrogens is 1. The number of rotatable bonds is 3. The van der Waals surface area contributed by atoms with E-state index in [1.807, 2.05) is 30.3 Å². The summed E-state index contributed by atoms with van der Waals surface area (Å²) < 4.78 is 27.2. The van der Waals surface area contributed by atoms with Gasteiger partial charge < -0.3 is 5.73 Å². The summed E-state index contributed by atoms with van der Waals surface area (Å²) >= 11 is 0. The third-order valence-corrected chi connectivity index (χ3v) is 4.45. The van der Waals surface area contributed by atoms with Crippen molar-refractivity contribution in [2.45, 2.75) is 4.90 Å². The summed E-state index contributed by atoms with van der Waals surface area (Å²) in [5.74, 6) is 0.310. The number of hydrogen-bond acceptors (Lipinski definition) is 4. The van der Waals surface area contributed by atoms with E-state index in [-0.39, 0.29) is 4.90 Å². The number of pyridine rings is 1. The van der Waals surface area contributed by atoms with Crippen LogP contribution < -0.4 is 10.5 Å². The third-order valence-electron chi connectivity index (χ3n) is 3.10. The van der Waals surface area contributed by atoms with Crippen LogP contribution in [0.25, 0.3) is 10.8 Å². The van der Waals surface area contributed by atoms with Gasteiger partial charge in [0.05, 0.1) is 4.90 Å². The zero-order valence-corrected chi connectivity index (χ0v) is 11.8. The van der Waals surface area contributed by atoms with Crippen LogP contribution in [-0.4, -0.2) is 13.4 Å². The molecule has 6 heteroatoms.